The number of aromatic amines is 1. The smallest absolute Gasteiger partial charge is 0.352 e. The molecule has 0 saturated heterocycles. The second-order valence-corrected chi connectivity index (χ2v) is 13.6. The lowest BCUT2D eigenvalue weighted by atomic mass is 9.93. The third kappa shape index (κ3) is 5.47. The van der Waals surface area contributed by atoms with Crippen molar-refractivity contribution < 1.29 is 28.4 Å². The van der Waals surface area contributed by atoms with Crippen LogP contribution in [0.2, 0.25) is 5.02 Å². The molecule has 9 nitrogen and oxygen atoms in total. The number of aromatic carboxylic acids is 1. The van der Waals surface area contributed by atoms with E-state index in [0.717, 1.165) is 74.0 Å². The molecule has 0 saturated carbocycles. The highest BCUT2D eigenvalue weighted by molar-refractivity contribution is 6.35. The number of carboxylic acid groups (broad SMARTS) is 1. The first-order chi connectivity index (χ1) is 23.7. The highest BCUT2D eigenvalue weighted by atomic mass is 35.5. The Bertz CT molecular complexity index is 2290. The van der Waals surface area contributed by atoms with Gasteiger partial charge in [-0.3, -0.25) is 4.68 Å². The minimum absolute atomic E-state index is 0.213. The molecular formula is C38H38ClFN5O4+. The highest BCUT2D eigenvalue weighted by Gasteiger charge is 2.38. The van der Waals surface area contributed by atoms with Gasteiger partial charge in [0.1, 0.15) is 30.0 Å². The number of nitrogens with one attached hydrogen (secondary N) is 1. The molecule has 0 radical (unpaired) electrons. The highest BCUT2D eigenvalue weighted by Crippen LogP contribution is 2.44. The van der Waals surface area contributed by atoms with Crippen molar-refractivity contribution in [2.24, 2.45) is 7.05 Å². The molecule has 49 heavy (non-hydrogen) atoms. The standard InChI is InChI=1S/C38H37ClFN5O4/c1-21-33-30-11-10-29(39)35(33)34-22(2)41-45-14-16-49-31(37(34)45)12-7-26-20-27(43(3)42-26)8-5-23-17-24-19-25(40)6-9-28(24)32(18-23)48-15-4-13-44(30)36(21)38(46)47/h6,9-11,17-20,31H,4-5,7-8,12-16H2,1-3H3,(H,46,47)/p+1. The van der Waals surface area contributed by atoms with Crippen molar-refractivity contribution >= 4 is 39.2 Å². The second-order valence-electron chi connectivity index (χ2n) is 13.2. The first-order valence-corrected chi connectivity index (χ1v) is 17.2. The van der Waals surface area contributed by atoms with Crippen LogP contribution in [0.5, 0.6) is 5.75 Å². The Hall–Kier alpha value is -4.67. The van der Waals surface area contributed by atoms with Crippen molar-refractivity contribution in [3.63, 3.8) is 0 Å². The quantitative estimate of drug-likeness (QED) is 0.179. The van der Waals surface area contributed by atoms with Crippen molar-refractivity contribution in [2.75, 3.05) is 13.2 Å². The normalized spacial score (nSPS) is 16.8. The zero-order valence-electron chi connectivity index (χ0n) is 27.8. The Kier molecular flexibility index (Phi) is 7.95. The Balaban J connectivity index is 1.28. The Morgan fingerprint density at radius 3 is 2.78 bits per heavy atom. The molecule has 11 heteroatoms. The fraction of sp³-hybridized carbons (Fsp3) is 0.342. The maximum Gasteiger partial charge on any atom is 0.352 e. The van der Waals surface area contributed by atoms with Gasteiger partial charge in [0.25, 0.3) is 0 Å². The summed E-state index contributed by atoms with van der Waals surface area (Å²) in [5.74, 6) is -0.607. The number of rotatable bonds is 1. The summed E-state index contributed by atoms with van der Waals surface area (Å²) >= 11 is 7.06. The minimum Gasteiger partial charge on any atom is -0.493 e. The summed E-state index contributed by atoms with van der Waals surface area (Å²) in [5.41, 5.74) is 8.58. The molecule has 3 aromatic heterocycles. The van der Waals surface area contributed by atoms with Crippen LogP contribution in [0.25, 0.3) is 32.8 Å². The van der Waals surface area contributed by atoms with Gasteiger partial charge >= 0.3 is 5.97 Å². The average molecular weight is 683 g/mol. The Morgan fingerprint density at radius 1 is 1.08 bits per heavy atom. The number of aromatic nitrogens is 5. The maximum atomic E-state index is 14.3. The van der Waals surface area contributed by atoms with Crippen LogP contribution >= 0.6 is 11.6 Å². The van der Waals surface area contributed by atoms with Gasteiger partial charge in [-0.1, -0.05) is 17.7 Å². The number of carbonyl (C=O) groups is 1. The zero-order valence-corrected chi connectivity index (χ0v) is 28.5. The molecule has 3 aromatic carbocycles. The molecule has 0 aliphatic carbocycles. The van der Waals surface area contributed by atoms with E-state index in [2.05, 4.69) is 15.8 Å². The molecule has 2 N–H and O–H groups in total. The number of aryl methyl sites for hydroxylation is 7. The van der Waals surface area contributed by atoms with E-state index in [-0.39, 0.29) is 17.6 Å². The molecular weight excluding hydrogens is 645 g/mol. The van der Waals surface area contributed by atoms with E-state index in [1.165, 1.54) is 6.07 Å². The number of carboxylic acids is 1. The Morgan fingerprint density at radius 2 is 1.94 bits per heavy atom. The number of fused-ring (bicyclic) bond motifs is 7. The summed E-state index contributed by atoms with van der Waals surface area (Å²) < 4.78 is 33.1. The molecule has 6 aromatic rings. The molecule has 2 aliphatic heterocycles. The summed E-state index contributed by atoms with van der Waals surface area (Å²) in [5, 5.41) is 21.9. The number of ether oxygens (including phenoxy) is 2. The fourth-order valence-corrected chi connectivity index (χ4v) is 8.19. The van der Waals surface area contributed by atoms with E-state index in [1.54, 1.807) is 12.1 Å². The molecule has 0 amide bonds. The summed E-state index contributed by atoms with van der Waals surface area (Å²) in [4.78, 5) is 12.8. The molecule has 5 heterocycles. The van der Waals surface area contributed by atoms with E-state index in [0.29, 0.717) is 61.9 Å². The van der Waals surface area contributed by atoms with Gasteiger partial charge in [-0.05, 0) is 105 Å². The number of benzene rings is 3. The van der Waals surface area contributed by atoms with Crippen LogP contribution in [0.1, 0.15) is 63.3 Å². The van der Waals surface area contributed by atoms with Crippen molar-refractivity contribution in [1.29, 1.82) is 0 Å². The van der Waals surface area contributed by atoms with Gasteiger partial charge in [0.2, 0.25) is 5.69 Å². The van der Waals surface area contributed by atoms with E-state index >= 15 is 0 Å². The number of halogens is 2. The van der Waals surface area contributed by atoms with Crippen LogP contribution in [0, 0.1) is 19.7 Å². The second kappa shape index (κ2) is 12.3. The molecule has 1 atom stereocenters. The third-order valence-electron chi connectivity index (χ3n) is 10.1. The lowest BCUT2D eigenvalue weighted by molar-refractivity contribution is -0.769. The summed E-state index contributed by atoms with van der Waals surface area (Å²) in [7, 11) is 1.98. The largest absolute Gasteiger partial charge is 0.493 e. The van der Waals surface area contributed by atoms with Crippen molar-refractivity contribution in [2.45, 2.75) is 65.1 Å². The van der Waals surface area contributed by atoms with Crippen LogP contribution < -0.4 is 9.42 Å². The van der Waals surface area contributed by atoms with Crippen molar-refractivity contribution in [3.8, 4) is 16.9 Å². The van der Waals surface area contributed by atoms with E-state index in [9.17, 15) is 14.3 Å². The third-order valence-corrected chi connectivity index (χ3v) is 10.4. The van der Waals surface area contributed by atoms with Crippen molar-refractivity contribution in [1.82, 2.24) is 19.4 Å². The Labute approximate surface area is 287 Å². The lowest BCUT2D eigenvalue weighted by Gasteiger charge is -2.19. The predicted molar refractivity (Wildman–Crippen MR) is 185 cm³/mol. The number of nitrogens with zero attached hydrogens (tertiary/aromatic N) is 4. The topological polar surface area (TPSA) is 98.2 Å². The SMILES string of the molecule is Cc1[nH][n+]2c3c1-c1c(Cl)ccc4c1c(C)c(C(=O)O)n4CCCOc1cc(cc4cc(F)ccc14)CCc1cc(nn1C)CCC3OCC2. The summed E-state index contributed by atoms with van der Waals surface area (Å²) in [6.07, 6.45) is 3.27. The number of hydrogen-bond donors (Lipinski definition) is 2. The molecule has 8 bridgehead atoms. The summed E-state index contributed by atoms with van der Waals surface area (Å²) in [6, 6.07) is 14.8. The number of H-pyrrole nitrogens is 1. The van der Waals surface area contributed by atoms with Crippen molar-refractivity contribution in [3.05, 3.63) is 99.0 Å². The molecule has 8 rings (SSSR count). The molecule has 0 fully saturated rings. The van der Waals surface area contributed by atoms with Crippen LogP contribution in [0.3, 0.4) is 0 Å². The monoisotopic (exact) mass is 682 g/mol. The molecule has 1 unspecified atom stereocenters. The molecule has 252 valence electrons. The predicted octanol–water partition coefficient (Wildman–Crippen LogP) is 7.19. The van der Waals surface area contributed by atoms with Crippen LogP contribution in [-0.4, -0.2) is 43.7 Å². The maximum absolute atomic E-state index is 14.3. The van der Waals surface area contributed by atoms with Gasteiger partial charge in [-0.25, -0.2) is 9.18 Å². The van der Waals surface area contributed by atoms with Crippen LogP contribution in [0.4, 0.5) is 4.39 Å². The first kappa shape index (κ1) is 31.6. The molecule has 0 spiro atoms. The average Bonchev–Trinajstić information content (AvgIpc) is 3.70. The molecule has 2 aliphatic rings. The van der Waals surface area contributed by atoms with E-state index in [4.69, 9.17) is 26.2 Å². The van der Waals surface area contributed by atoms with Gasteiger partial charge in [0.05, 0.1) is 23.6 Å². The fourth-order valence-electron chi connectivity index (χ4n) is 7.93. The minimum atomic E-state index is -0.995. The zero-order chi connectivity index (χ0) is 34.0. The van der Waals surface area contributed by atoms with Gasteiger partial charge in [-0.15, -0.1) is 4.68 Å². The van der Waals surface area contributed by atoms with Gasteiger partial charge in [0.15, 0.2) is 6.54 Å². The van der Waals surface area contributed by atoms with Crippen LogP contribution in [-0.2, 0) is 44.1 Å². The van der Waals surface area contributed by atoms with Gasteiger partial charge < -0.3 is 19.1 Å². The van der Waals surface area contributed by atoms with Crippen LogP contribution in [0.15, 0.2) is 48.5 Å². The van der Waals surface area contributed by atoms with Gasteiger partial charge in [-0.2, -0.15) is 10.2 Å². The lowest BCUT2D eigenvalue weighted by Crippen LogP contribution is -2.47. The van der Waals surface area contributed by atoms with E-state index in [1.807, 2.05) is 54.4 Å². The number of hydrogen-bond acceptors (Lipinski definition) is 4. The van der Waals surface area contributed by atoms with E-state index < -0.39 is 5.97 Å². The summed E-state index contributed by atoms with van der Waals surface area (Å²) in [6.45, 7) is 5.92. The first-order valence-electron chi connectivity index (χ1n) is 16.8. The van der Waals surface area contributed by atoms with Gasteiger partial charge in [0, 0.05) is 46.2 Å².